The third-order valence-corrected chi connectivity index (χ3v) is 3.33. The summed E-state index contributed by atoms with van der Waals surface area (Å²) in [5.41, 5.74) is 0. The largest absolute Gasteiger partial charge is 0.480 e. The van der Waals surface area contributed by atoms with Gasteiger partial charge in [0.05, 0.1) is 6.54 Å². The maximum absolute atomic E-state index is 11.1. The molecule has 1 rings (SSSR count). The number of aliphatic carboxylic acids is 1. The van der Waals surface area contributed by atoms with Crippen molar-refractivity contribution in [2.75, 3.05) is 13.1 Å². The van der Waals surface area contributed by atoms with Gasteiger partial charge < -0.3 is 10.4 Å². The molecule has 1 saturated carbocycles. The van der Waals surface area contributed by atoms with E-state index in [-0.39, 0.29) is 24.5 Å². The van der Waals surface area contributed by atoms with Crippen LogP contribution in [0.2, 0.25) is 0 Å². The highest BCUT2D eigenvalue weighted by molar-refractivity contribution is 5.73. The van der Waals surface area contributed by atoms with Gasteiger partial charge in [-0.2, -0.15) is 0 Å². The lowest BCUT2D eigenvalue weighted by molar-refractivity contribution is -0.139. The maximum Gasteiger partial charge on any atom is 0.317 e. The molecule has 2 N–H and O–H groups in total. The van der Waals surface area contributed by atoms with E-state index in [9.17, 15) is 9.59 Å². The van der Waals surface area contributed by atoms with Gasteiger partial charge in [0.1, 0.15) is 0 Å². The smallest absolute Gasteiger partial charge is 0.317 e. The SMILES string of the molecule is CCN(CC(=O)O)[C@H]1CCCC[C@H]1NC(C)=O. The molecule has 1 amide bonds. The number of likely N-dealkylation sites (N-methyl/N-ethyl adjacent to an activating group) is 1. The number of amides is 1. The lowest BCUT2D eigenvalue weighted by Gasteiger charge is -2.39. The Morgan fingerprint density at radius 1 is 1.35 bits per heavy atom. The highest BCUT2D eigenvalue weighted by atomic mass is 16.4. The van der Waals surface area contributed by atoms with Gasteiger partial charge in [-0.25, -0.2) is 0 Å². The molecule has 0 saturated heterocycles. The van der Waals surface area contributed by atoms with E-state index in [4.69, 9.17) is 5.11 Å². The Bertz CT molecular complexity index is 263. The average molecular weight is 242 g/mol. The van der Waals surface area contributed by atoms with Crippen LogP contribution in [-0.2, 0) is 9.59 Å². The number of nitrogens with zero attached hydrogens (tertiary/aromatic N) is 1. The van der Waals surface area contributed by atoms with Gasteiger partial charge in [0, 0.05) is 19.0 Å². The van der Waals surface area contributed by atoms with E-state index in [0.29, 0.717) is 6.54 Å². The first-order valence-electron chi connectivity index (χ1n) is 6.27. The highest BCUT2D eigenvalue weighted by Gasteiger charge is 2.30. The van der Waals surface area contributed by atoms with Crippen LogP contribution in [0.4, 0.5) is 0 Å². The molecule has 1 aliphatic rings. The van der Waals surface area contributed by atoms with Crippen LogP contribution in [0.25, 0.3) is 0 Å². The van der Waals surface area contributed by atoms with E-state index in [1.807, 2.05) is 11.8 Å². The second kappa shape index (κ2) is 6.59. The summed E-state index contributed by atoms with van der Waals surface area (Å²) < 4.78 is 0. The van der Waals surface area contributed by atoms with Crippen LogP contribution >= 0.6 is 0 Å². The first-order chi connectivity index (χ1) is 8.04. The number of hydrogen-bond donors (Lipinski definition) is 2. The van der Waals surface area contributed by atoms with Crippen LogP contribution in [0.15, 0.2) is 0 Å². The van der Waals surface area contributed by atoms with Crippen molar-refractivity contribution in [3.05, 3.63) is 0 Å². The molecule has 0 bridgehead atoms. The monoisotopic (exact) mass is 242 g/mol. The second-order valence-corrected chi connectivity index (χ2v) is 4.62. The first kappa shape index (κ1) is 14.0. The molecule has 0 unspecified atom stereocenters. The number of nitrogens with one attached hydrogen (secondary N) is 1. The van der Waals surface area contributed by atoms with Crippen LogP contribution in [0, 0.1) is 0 Å². The van der Waals surface area contributed by atoms with Gasteiger partial charge in [0.15, 0.2) is 0 Å². The summed E-state index contributed by atoms with van der Waals surface area (Å²) >= 11 is 0. The zero-order valence-electron chi connectivity index (χ0n) is 10.6. The Labute approximate surface area is 102 Å². The molecule has 0 aromatic heterocycles. The third kappa shape index (κ3) is 4.34. The zero-order chi connectivity index (χ0) is 12.8. The van der Waals surface area contributed by atoms with Crippen molar-refractivity contribution in [1.82, 2.24) is 10.2 Å². The van der Waals surface area contributed by atoms with E-state index in [2.05, 4.69) is 5.32 Å². The number of rotatable bonds is 5. The quantitative estimate of drug-likeness (QED) is 0.749. The Hall–Kier alpha value is -1.10. The summed E-state index contributed by atoms with van der Waals surface area (Å²) in [7, 11) is 0. The molecule has 98 valence electrons. The zero-order valence-corrected chi connectivity index (χ0v) is 10.6. The van der Waals surface area contributed by atoms with Gasteiger partial charge in [-0.15, -0.1) is 0 Å². The maximum atomic E-state index is 11.1. The molecule has 17 heavy (non-hydrogen) atoms. The minimum Gasteiger partial charge on any atom is -0.480 e. The molecule has 0 heterocycles. The second-order valence-electron chi connectivity index (χ2n) is 4.62. The average Bonchev–Trinajstić information content (AvgIpc) is 2.26. The molecular formula is C12H22N2O3. The fraction of sp³-hybridized carbons (Fsp3) is 0.833. The Balaban J connectivity index is 2.67. The molecule has 2 atom stereocenters. The van der Waals surface area contributed by atoms with Crippen molar-refractivity contribution >= 4 is 11.9 Å². The van der Waals surface area contributed by atoms with Gasteiger partial charge >= 0.3 is 5.97 Å². The van der Waals surface area contributed by atoms with Crippen molar-refractivity contribution in [2.45, 2.75) is 51.6 Å². The molecule has 0 radical (unpaired) electrons. The van der Waals surface area contributed by atoms with Crippen LogP contribution < -0.4 is 5.32 Å². The summed E-state index contributed by atoms with van der Waals surface area (Å²) in [6.45, 7) is 4.23. The molecule has 0 aliphatic heterocycles. The van der Waals surface area contributed by atoms with Gasteiger partial charge in [-0.1, -0.05) is 19.8 Å². The third-order valence-electron chi connectivity index (χ3n) is 3.33. The molecule has 0 aromatic carbocycles. The Morgan fingerprint density at radius 2 is 2.00 bits per heavy atom. The molecule has 0 aromatic rings. The molecular weight excluding hydrogens is 220 g/mol. The number of hydrogen-bond acceptors (Lipinski definition) is 3. The highest BCUT2D eigenvalue weighted by Crippen LogP contribution is 2.23. The topological polar surface area (TPSA) is 69.6 Å². The predicted molar refractivity (Wildman–Crippen MR) is 64.7 cm³/mol. The lowest BCUT2D eigenvalue weighted by Crippen LogP contribution is -2.54. The summed E-state index contributed by atoms with van der Waals surface area (Å²) in [6.07, 6.45) is 4.12. The molecule has 1 fully saturated rings. The Morgan fingerprint density at radius 3 is 2.53 bits per heavy atom. The van der Waals surface area contributed by atoms with E-state index < -0.39 is 5.97 Å². The standard InChI is InChI=1S/C12H22N2O3/c1-3-14(8-12(16)17)11-7-5-4-6-10(11)13-9(2)15/h10-11H,3-8H2,1-2H3,(H,13,15)(H,16,17)/t10-,11+/m1/s1. The Kier molecular flexibility index (Phi) is 5.41. The van der Waals surface area contributed by atoms with Crippen molar-refractivity contribution in [3.63, 3.8) is 0 Å². The van der Waals surface area contributed by atoms with Crippen molar-refractivity contribution < 1.29 is 14.7 Å². The van der Waals surface area contributed by atoms with Gasteiger partial charge in [0.25, 0.3) is 0 Å². The van der Waals surface area contributed by atoms with E-state index in [0.717, 1.165) is 25.7 Å². The van der Waals surface area contributed by atoms with Gasteiger partial charge in [-0.05, 0) is 19.4 Å². The van der Waals surface area contributed by atoms with Crippen molar-refractivity contribution in [2.24, 2.45) is 0 Å². The van der Waals surface area contributed by atoms with Crippen LogP contribution in [0.1, 0.15) is 39.5 Å². The van der Waals surface area contributed by atoms with E-state index in [1.165, 1.54) is 6.92 Å². The van der Waals surface area contributed by atoms with Gasteiger partial charge in [0.2, 0.25) is 5.91 Å². The normalized spacial score (nSPS) is 24.6. The van der Waals surface area contributed by atoms with Gasteiger partial charge in [-0.3, -0.25) is 14.5 Å². The number of carbonyl (C=O) groups excluding carboxylic acids is 1. The molecule has 1 aliphatic carbocycles. The van der Waals surface area contributed by atoms with Crippen LogP contribution in [0.5, 0.6) is 0 Å². The minimum absolute atomic E-state index is 0.0340. The summed E-state index contributed by atoms with van der Waals surface area (Å²) in [6, 6.07) is 0.259. The summed E-state index contributed by atoms with van der Waals surface area (Å²) in [4.78, 5) is 23.9. The summed E-state index contributed by atoms with van der Waals surface area (Å²) in [5, 5.41) is 11.8. The number of carboxylic acid groups (broad SMARTS) is 1. The molecule has 5 nitrogen and oxygen atoms in total. The van der Waals surface area contributed by atoms with E-state index in [1.54, 1.807) is 0 Å². The first-order valence-corrected chi connectivity index (χ1v) is 6.27. The summed E-state index contributed by atoms with van der Waals surface area (Å²) in [5.74, 6) is -0.840. The predicted octanol–water partition coefficient (Wildman–Crippen LogP) is 0.840. The van der Waals surface area contributed by atoms with Crippen molar-refractivity contribution in [3.8, 4) is 0 Å². The molecule has 0 spiro atoms. The minimum atomic E-state index is -0.806. The van der Waals surface area contributed by atoms with E-state index >= 15 is 0 Å². The van der Waals surface area contributed by atoms with Crippen LogP contribution in [0.3, 0.4) is 0 Å². The molecule has 5 heteroatoms. The lowest BCUT2D eigenvalue weighted by atomic mass is 9.89. The fourth-order valence-corrected chi connectivity index (χ4v) is 2.62. The number of carbonyl (C=O) groups is 2. The fourth-order valence-electron chi connectivity index (χ4n) is 2.62. The van der Waals surface area contributed by atoms with Crippen LogP contribution in [-0.4, -0.2) is 47.1 Å². The van der Waals surface area contributed by atoms with Crippen molar-refractivity contribution in [1.29, 1.82) is 0 Å². The number of carboxylic acids is 1.